The zero-order chi connectivity index (χ0) is 20.7. The standard InChI is InChI=1S/C25H29FN2O/c1-16(28-17(2)25(18(3)29)22-7-5-6-8-23(22)28)20-13-14-27(4)24(15-20)19-9-11-21(26)12-10-19/h5-12,16,20,24H,13-15H2,1-4H3. The number of aromatic nitrogens is 1. The highest BCUT2D eigenvalue weighted by molar-refractivity contribution is 6.08. The molecule has 4 heteroatoms. The van der Waals surface area contributed by atoms with Crippen LogP contribution in [-0.2, 0) is 0 Å². The van der Waals surface area contributed by atoms with E-state index in [-0.39, 0.29) is 23.7 Å². The lowest BCUT2D eigenvalue weighted by Gasteiger charge is -2.40. The Morgan fingerprint density at radius 3 is 2.52 bits per heavy atom. The van der Waals surface area contributed by atoms with Gasteiger partial charge in [0, 0.05) is 34.2 Å². The largest absolute Gasteiger partial charge is 0.341 e. The van der Waals surface area contributed by atoms with E-state index in [1.807, 2.05) is 24.3 Å². The van der Waals surface area contributed by atoms with Crippen LogP contribution in [0, 0.1) is 18.7 Å². The van der Waals surface area contributed by atoms with Crippen molar-refractivity contribution in [3.05, 3.63) is 71.2 Å². The zero-order valence-corrected chi connectivity index (χ0v) is 17.7. The molecule has 0 bridgehead atoms. The number of hydrogen-bond acceptors (Lipinski definition) is 2. The number of benzene rings is 2. The van der Waals surface area contributed by atoms with Gasteiger partial charge in [-0.2, -0.15) is 0 Å². The third kappa shape index (κ3) is 3.51. The molecule has 1 aliphatic rings. The maximum atomic E-state index is 13.4. The van der Waals surface area contributed by atoms with E-state index in [1.165, 1.54) is 5.56 Å². The number of carbonyl (C=O) groups excluding carboxylic acids is 1. The van der Waals surface area contributed by atoms with E-state index in [1.54, 1.807) is 19.1 Å². The van der Waals surface area contributed by atoms with Gasteiger partial charge in [-0.05, 0) is 76.9 Å². The Labute approximate surface area is 172 Å². The van der Waals surface area contributed by atoms with Gasteiger partial charge >= 0.3 is 0 Å². The van der Waals surface area contributed by atoms with Gasteiger partial charge in [-0.3, -0.25) is 9.69 Å². The number of rotatable bonds is 4. The number of para-hydroxylation sites is 1. The van der Waals surface area contributed by atoms with Crippen molar-refractivity contribution in [2.75, 3.05) is 13.6 Å². The molecule has 1 aromatic heterocycles. The van der Waals surface area contributed by atoms with Gasteiger partial charge in [0.15, 0.2) is 5.78 Å². The summed E-state index contributed by atoms with van der Waals surface area (Å²) in [5, 5.41) is 1.05. The van der Waals surface area contributed by atoms with Gasteiger partial charge in [0.2, 0.25) is 0 Å². The molecule has 2 heterocycles. The molecule has 3 aromatic rings. The molecular formula is C25H29FN2O. The molecule has 3 atom stereocenters. The summed E-state index contributed by atoms with van der Waals surface area (Å²) in [4.78, 5) is 14.7. The average Bonchev–Trinajstić information content (AvgIpc) is 3.00. The topological polar surface area (TPSA) is 25.2 Å². The molecule has 0 amide bonds. The summed E-state index contributed by atoms with van der Waals surface area (Å²) >= 11 is 0. The van der Waals surface area contributed by atoms with E-state index in [9.17, 15) is 9.18 Å². The molecule has 29 heavy (non-hydrogen) atoms. The molecule has 0 saturated carbocycles. The SMILES string of the molecule is CC(=O)c1c(C)n(C(C)C2CCN(C)C(c3ccc(F)cc3)C2)c2ccccc12. The van der Waals surface area contributed by atoms with Gasteiger partial charge in [-0.25, -0.2) is 4.39 Å². The summed E-state index contributed by atoms with van der Waals surface area (Å²) in [6, 6.07) is 15.7. The Hall–Kier alpha value is -2.46. The molecule has 1 saturated heterocycles. The summed E-state index contributed by atoms with van der Waals surface area (Å²) in [6.07, 6.45) is 2.13. The summed E-state index contributed by atoms with van der Waals surface area (Å²) in [7, 11) is 2.15. The smallest absolute Gasteiger partial charge is 0.162 e. The van der Waals surface area contributed by atoms with Crippen LogP contribution in [0.25, 0.3) is 10.9 Å². The normalized spacial score (nSPS) is 21.4. The minimum atomic E-state index is -0.191. The first kappa shape index (κ1) is 19.8. The van der Waals surface area contributed by atoms with E-state index in [0.29, 0.717) is 5.92 Å². The number of nitrogens with zero attached hydrogens (tertiary/aromatic N) is 2. The molecule has 2 aromatic carbocycles. The van der Waals surface area contributed by atoms with Crippen LogP contribution < -0.4 is 0 Å². The predicted octanol–water partition coefficient (Wildman–Crippen LogP) is 5.94. The molecule has 0 N–H and O–H groups in total. The lowest BCUT2D eigenvalue weighted by atomic mass is 9.83. The van der Waals surface area contributed by atoms with Crippen LogP contribution in [0.2, 0.25) is 0 Å². The predicted molar refractivity (Wildman–Crippen MR) is 116 cm³/mol. The summed E-state index contributed by atoms with van der Waals surface area (Å²) in [6.45, 7) is 7.01. The van der Waals surface area contributed by atoms with Crippen molar-refractivity contribution in [1.29, 1.82) is 0 Å². The number of Topliss-reactive ketones (excluding diaryl/α,β-unsaturated/α-hetero) is 1. The lowest BCUT2D eigenvalue weighted by Crippen LogP contribution is -2.36. The van der Waals surface area contributed by atoms with Crippen LogP contribution in [-0.4, -0.2) is 28.8 Å². The van der Waals surface area contributed by atoms with Gasteiger partial charge < -0.3 is 4.57 Å². The van der Waals surface area contributed by atoms with E-state index >= 15 is 0 Å². The van der Waals surface area contributed by atoms with Crippen LogP contribution in [0.1, 0.15) is 60.4 Å². The van der Waals surface area contributed by atoms with Crippen LogP contribution >= 0.6 is 0 Å². The van der Waals surface area contributed by atoms with Crippen LogP contribution in [0.5, 0.6) is 0 Å². The van der Waals surface area contributed by atoms with Gasteiger partial charge in [-0.1, -0.05) is 30.3 Å². The Morgan fingerprint density at radius 2 is 1.83 bits per heavy atom. The summed E-state index contributed by atoms with van der Waals surface area (Å²) < 4.78 is 15.8. The number of ketones is 1. The molecule has 4 rings (SSSR count). The van der Waals surface area contributed by atoms with E-state index in [4.69, 9.17) is 0 Å². The Balaban J connectivity index is 1.70. The van der Waals surface area contributed by atoms with Crippen molar-refractivity contribution < 1.29 is 9.18 Å². The summed E-state index contributed by atoms with van der Waals surface area (Å²) in [5.74, 6) is 0.413. The summed E-state index contributed by atoms with van der Waals surface area (Å²) in [5.41, 5.74) is 4.21. The van der Waals surface area contributed by atoms with Crippen LogP contribution in [0.3, 0.4) is 0 Å². The minimum absolute atomic E-state index is 0.122. The number of likely N-dealkylation sites (tertiary alicyclic amines) is 1. The molecule has 3 nitrogen and oxygen atoms in total. The second-order valence-electron chi connectivity index (χ2n) is 8.48. The Morgan fingerprint density at radius 1 is 1.14 bits per heavy atom. The number of fused-ring (bicyclic) bond motifs is 1. The van der Waals surface area contributed by atoms with Crippen molar-refractivity contribution >= 4 is 16.7 Å². The maximum Gasteiger partial charge on any atom is 0.162 e. The number of halogens is 1. The first-order chi connectivity index (χ1) is 13.9. The van der Waals surface area contributed by atoms with E-state index in [0.717, 1.165) is 41.5 Å². The van der Waals surface area contributed by atoms with Crippen molar-refractivity contribution in [2.45, 2.75) is 45.7 Å². The fourth-order valence-electron chi connectivity index (χ4n) is 5.19. The van der Waals surface area contributed by atoms with Crippen LogP contribution in [0.4, 0.5) is 4.39 Å². The third-order valence-corrected chi connectivity index (χ3v) is 6.76. The first-order valence-electron chi connectivity index (χ1n) is 10.4. The monoisotopic (exact) mass is 392 g/mol. The second kappa shape index (κ2) is 7.75. The maximum absolute atomic E-state index is 13.4. The second-order valence-corrected chi connectivity index (χ2v) is 8.48. The fourth-order valence-corrected chi connectivity index (χ4v) is 5.19. The molecule has 0 spiro atoms. The van der Waals surface area contributed by atoms with Gasteiger partial charge in [0.25, 0.3) is 0 Å². The fraction of sp³-hybridized carbons (Fsp3) is 0.400. The zero-order valence-electron chi connectivity index (χ0n) is 17.7. The molecule has 152 valence electrons. The minimum Gasteiger partial charge on any atom is -0.341 e. The lowest BCUT2D eigenvalue weighted by molar-refractivity contribution is 0.101. The Kier molecular flexibility index (Phi) is 5.30. The van der Waals surface area contributed by atoms with E-state index in [2.05, 4.69) is 42.5 Å². The molecular weight excluding hydrogens is 363 g/mol. The van der Waals surface area contributed by atoms with Crippen molar-refractivity contribution in [1.82, 2.24) is 9.47 Å². The number of carbonyl (C=O) groups is 1. The van der Waals surface area contributed by atoms with Crippen molar-refractivity contribution in [2.24, 2.45) is 5.92 Å². The third-order valence-electron chi connectivity index (χ3n) is 6.76. The highest BCUT2D eigenvalue weighted by Gasteiger charge is 2.32. The highest BCUT2D eigenvalue weighted by Crippen LogP contribution is 2.41. The number of piperidine rings is 1. The first-order valence-corrected chi connectivity index (χ1v) is 10.4. The Bertz CT molecular complexity index is 1040. The molecule has 3 unspecified atom stereocenters. The quantitative estimate of drug-likeness (QED) is 0.514. The molecule has 0 radical (unpaired) electrons. The van der Waals surface area contributed by atoms with Gasteiger partial charge in [0.1, 0.15) is 5.82 Å². The van der Waals surface area contributed by atoms with Crippen molar-refractivity contribution in [3.63, 3.8) is 0 Å². The van der Waals surface area contributed by atoms with Gasteiger partial charge in [0.05, 0.1) is 0 Å². The van der Waals surface area contributed by atoms with Crippen LogP contribution in [0.15, 0.2) is 48.5 Å². The van der Waals surface area contributed by atoms with Crippen molar-refractivity contribution in [3.8, 4) is 0 Å². The van der Waals surface area contributed by atoms with Gasteiger partial charge in [-0.15, -0.1) is 0 Å². The van der Waals surface area contributed by atoms with E-state index < -0.39 is 0 Å². The molecule has 0 aliphatic carbocycles. The average molecular weight is 393 g/mol. The highest BCUT2D eigenvalue weighted by atomic mass is 19.1. The molecule has 1 fully saturated rings. The number of hydrogen-bond donors (Lipinski definition) is 0. The molecule has 1 aliphatic heterocycles.